The molecular formula is C18H23N7O3S. The molecule has 1 unspecified atom stereocenters. The van der Waals surface area contributed by atoms with Crippen LogP contribution in [-0.4, -0.2) is 69.2 Å². The summed E-state index contributed by atoms with van der Waals surface area (Å²) in [7, 11) is -3.63. The Bertz CT molecular complexity index is 1070. The predicted molar refractivity (Wildman–Crippen MR) is 104 cm³/mol. The summed E-state index contributed by atoms with van der Waals surface area (Å²) >= 11 is 0. The molecule has 1 fully saturated rings. The van der Waals surface area contributed by atoms with Crippen molar-refractivity contribution in [3.63, 3.8) is 0 Å². The number of piperazine rings is 1. The fraction of sp³-hybridized carbons (Fsp3) is 0.444. The molecule has 3 heterocycles. The number of tetrazole rings is 1. The van der Waals surface area contributed by atoms with Crippen molar-refractivity contribution in [3.8, 4) is 5.69 Å². The van der Waals surface area contributed by atoms with Crippen LogP contribution < -0.4 is 0 Å². The van der Waals surface area contributed by atoms with E-state index < -0.39 is 10.0 Å². The van der Waals surface area contributed by atoms with Gasteiger partial charge in [0.15, 0.2) is 11.6 Å². The van der Waals surface area contributed by atoms with Crippen LogP contribution >= 0.6 is 0 Å². The largest absolute Gasteiger partial charge is 0.360 e. The van der Waals surface area contributed by atoms with E-state index in [2.05, 4.69) is 25.6 Å². The van der Waals surface area contributed by atoms with Gasteiger partial charge in [0, 0.05) is 26.2 Å². The van der Waals surface area contributed by atoms with Gasteiger partial charge in [-0.15, -0.1) is 5.10 Å². The summed E-state index contributed by atoms with van der Waals surface area (Å²) in [5.41, 5.74) is 1.28. The second-order valence-electron chi connectivity index (χ2n) is 7.05. The quantitative estimate of drug-likeness (QED) is 0.611. The van der Waals surface area contributed by atoms with E-state index in [9.17, 15) is 8.42 Å². The van der Waals surface area contributed by atoms with Gasteiger partial charge in [-0.3, -0.25) is 4.90 Å². The van der Waals surface area contributed by atoms with Gasteiger partial charge in [-0.05, 0) is 43.3 Å². The van der Waals surface area contributed by atoms with Crippen molar-refractivity contribution in [2.45, 2.75) is 31.7 Å². The molecule has 0 amide bonds. The van der Waals surface area contributed by atoms with Crippen LogP contribution in [0.4, 0.5) is 0 Å². The Morgan fingerprint density at radius 2 is 1.76 bits per heavy atom. The lowest BCUT2D eigenvalue weighted by Gasteiger charge is -2.36. The molecule has 0 spiro atoms. The molecule has 29 heavy (non-hydrogen) atoms. The van der Waals surface area contributed by atoms with E-state index in [4.69, 9.17) is 4.52 Å². The summed E-state index contributed by atoms with van der Waals surface area (Å²) in [5, 5.41) is 15.9. The van der Waals surface area contributed by atoms with Crippen LogP contribution in [0, 0.1) is 13.8 Å². The Morgan fingerprint density at radius 1 is 1.07 bits per heavy atom. The van der Waals surface area contributed by atoms with E-state index in [1.54, 1.807) is 18.5 Å². The highest BCUT2D eigenvalue weighted by Crippen LogP contribution is 2.26. The molecule has 2 aromatic heterocycles. The molecule has 1 aromatic carbocycles. The first-order valence-corrected chi connectivity index (χ1v) is 10.8. The van der Waals surface area contributed by atoms with Crippen LogP contribution in [0.2, 0.25) is 0 Å². The third-order valence-corrected chi connectivity index (χ3v) is 7.40. The second kappa shape index (κ2) is 7.65. The third kappa shape index (κ3) is 3.56. The number of hydrogen-bond donors (Lipinski definition) is 0. The Morgan fingerprint density at radius 3 is 2.38 bits per heavy atom. The zero-order valence-electron chi connectivity index (χ0n) is 16.6. The van der Waals surface area contributed by atoms with Gasteiger partial charge in [-0.2, -0.15) is 8.99 Å². The minimum atomic E-state index is -3.63. The average Bonchev–Trinajstić information content (AvgIpc) is 3.35. The minimum Gasteiger partial charge on any atom is -0.360 e. The summed E-state index contributed by atoms with van der Waals surface area (Å²) in [6.45, 7) is 7.20. The van der Waals surface area contributed by atoms with Crippen molar-refractivity contribution >= 4 is 10.0 Å². The SMILES string of the molecule is Cc1noc(C)c1S(=O)(=O)N1CCN(C(C)c2nnnn2-c2ccccc2)CC1. The van der Waals surface area contributed by atoms with Crippen LogP contribution in [0.1, 0.15) is 30.2 Å². The van der Waals surface area contributed by atoms with E-state index in [1.807, 2.05) is 37.3 Å². The van der Waals surface area contributed by atoms with Gasteiger partial charge in [0.1, 0.15) is 10.6 Å². The molecule has 0 radical (unpaired) electrons. The molecule has 0 aliphatic carbocycles. The van der Waals surface area contributed by atoms with Crippen LogP contribution in [0.5, 0.6) is 0 Å². The maximum atomic E-state index is 13.0. The molecule has 3 aromatic rings. The molecular weight excluding hydrogens is 394 g/mol. The molecule has 0 saturated carbocycles. The fourth-order valence-corrected chi connectivity index (χ4v) is 5.39. The summed E-state index contributed by atoms with van der Waals surface area (Å²) in [4.78, 5) is 2.36. The number of benzene rings is 1. The van der Waals surface area contributed by atoms with Crippen LogP contribution in [-0.2, 0) is 10.0 Å². The van der Waals surface area contributed by atoms with E-state index in [-0.39, 0.29) is 10.9 Å². The number of sulfonamides is 1. The molecule has 1 saturated heterocycles. The number of para-hydroxylation sites is 1. The second-order valence-corrected chi connectivity index (χ2v) is 8.93. The monoisotopic (exact) mass is 417 g/mol. The van der Waals surface area contributed by atoms with Crippen molar-refractivity contribution in [2.75, 3.05) is 26.2 Å². The Hall–Kier alpha value is -2.63. The van der Waals surface area contributed by atoms with Crippen LogP contribution in [0.15, 0.2) is 39.8 Å². The Labute approximate surface area is 169 Å². The molecule has 154 valence electrons. The van der Waals surface area contributed by atoms with E-state index in [0.717, 1.165) is 11.5 Å². The number of hydrogen-bond acceptors (Lipinski definition) is 8. The van der Waals surface area contributed by atoms with Gasteiger partial charge >= 0.3 is 0 Å². The van der Waals surface area contributed by atoms with Crippen LogP contribution in [0.25, 0.3) is 5.69 Å². The highest BCUT2D eigenvalue weighted by molar-refractivity contribution is 7.89. The first-order chi connectivity index (χ1) is 13.9. The fourth-order valence-electron chi connectivity index (χ4n) is 3.67. The highest BCUT2D eigenvalue weighted by atomic mass is 32.2. The van der Waals surface area contributed by atoms with Gasteiger partial charge in [0.05, 0.1) is 11.7 Å². The minimum absolute atomic E-state index is 0.0610. The number of nitrogens with zero attached hydrogens (tertiary/aromatic N) is 7. The Balaban J connectivity index is 1.49. The Kier molecular flexibility index (Phi) is 5.19. The van der Waals surface area contributed by atoms with Gasteiger partial charge < -0.3 is 4.52 Å². The van der Waals surface area contributed by atoms with Crippen molar-refractivity contribution in [2.24, 2.45) is 0 Å². The first kappa shape index (κ1) is 19.7. The molecule has 1 aliphatic heterocycles. The third-order valence-electron chi connectivity index (χ3n) is 5.25. The number of aromatic nitrogens is 5. The summed E-state index contributed by atoms with van der Waals surface area (Å²) in [6.07, 6.45) is 0. The molecule has 1 atom stereocenters. The standard InChI is InChI=1S/C18H23N7O3S/c1-13-17(15(3)28-20-13)29(26,27)24-11-9-23(10-12-24)14(2)18-19-21-22-25(18)16-7-5-4-6-8-16/h4-8,14H,9-12H2,1-3H3. The van der Waals surface area contributed by atoms with E-state index in [1.165, 1.54) is 4.31 Å². The van der Waals surface area contributed by atoms with Crippen molar-refractivity contribution in [3.05, 3.63) is 47.6 Å². The van der Waals surface area contributed by atoms with Crippen molar-refractivity contribution in [1.82, 2.24) is 34.6 Å². The lowest BCUT2D eigenvalue weighted by molar-refractivity contribution is 0.139. The highest BCUT2D eigenvalue weighted by Gasteiger charge is 2.35. The molecule has 10 nitrogen and oxygen atoms in total. The van der Waals surface area contributed by atoms with Crippen molar-refractivity contribution in [1.29, 1.82) is 0 Å². The van der Waals surface area contributed by atoms with E-state index in [0.29, 0.717) is 37.6 Å². The lowest BCUT2D eigenvalue weighted by atomic mass is 10.2. The first-order valence-electron chi connectivity index (χ1n) is 9.40. The van der Waals surface area contributed by atoms with Crippen molar-refractivity contribution < 1.29 is 12.9 Å². The van der Waals surface area contributed by atoms with Gasteiger partial charge in [-0.1, -0.05) is 23.4 Å². The number of aryl methyl sites for hydroxylation is 2. The summed E-state index contributed by atoms with van der Waals surface area (Å²) < 4.78 is 34.3. The van der Waals surface area contributed by atoms with Gasteiger partial charge in [0.2, 0.25) is 10.0 Å². The molecule has 1 aliphatic rings. The molecule has 11 heteroatoms. The summed E-state index contributed by atoms with van der Waals surface area (Å²) in [6, 6.07) is 9.64. The number of rotatable bonds is 5. The van der Waals surface area contributed by atoms with Gasteiger partial charge in [-0.25, -0.2) is 8.42 Å². The van der Waals surface area contributed by atoms with E-state index >= 15 is 0 Å². The normalized spacial score (nSPS) is 17.5. The zero-order valence-corrected chi connectivity index (χ0v) is 17.4. The molecule has 4 rings (SSSR count). The molecule has 0 N–H and O–H groups in total. The average molecular weight is 417 g/mol. The van der Waals surface area contributed by atoms with Crippen LogP contribution in [0.3, 0.4) is 0 Å². The predicted octanol–water partition coefficient (Wildman–Crippen LogP) is 1.33. The smallest absolute Gasteiger partial charge is 0.248 e. The maximum absolute atomic E-state index is 13.0. The maximum Gasteiger partial charge on any atom is 0.248 e. The summed E-state index contributed by atoms with van der Waals surface area (Å²) in [5.74, 6) is 1.04. The lowest BCUT2D eigenvalue weighted by Crippen LogP contribution is -2.49. The van der Waals surface area contributed by atoms with Gasteiger partial charge in [0.25, 0.3) is 0 Å². The zero-order chi connectivity index (χ0) is 20.6. The molecule has 0 bridgehead atoms. The topological polar surface area (TPSA) is 110 Å².